The summed E-state index contributed by atoms with van der Waals surface area (Å²) in [6, 6.07) is 6.01. The van der Waals surface area contributed by atoms with E-state index in [1.165, 1.54) is 30.5 Å². The van der Waals surface area contributed by atoms with E-state index in [1.807, 2.05) is 0 Å². The van der Waals surface area contributed by atoms with Gasteiger partial charge in [-0.25, -0.2) is 17.8 Å². The summed E-state index contributed by atoms with van der Waals surface area (Å²) in [7, 11) is -3.82. The Morgan fingerprint density at radius 1 is 1.16 bits per heavy atom. The van der Waals surface area contributed by atoms with E-state index in [1.54, 1.807) is 0 Å². The average molecular weight is 321 g/mol. The Hall–Kier alpha value is -1.37. The number of pyridine rings is 1. The molecule has 2 rings (SSSR count). The molecule has 8 heteroatoms. The minimum atomic E-state index is -3.82. The number of hydrogen-bond donors (Lipinski definition) is 1. The maximum absolute atomic E-state index is 13.0. The molecule has 0 unspecified atom stereocenters. The van der Waals surface area contributed by atoms with Crippen molar-refractivity contribution in [3.05, 3.63) is 52.5 Å². The molecule has 2 aromatic rings. The van der Waals surface area contributed by atoms with Gasteiger partial charge in [0.15, 0.2) is 0 Å². The van der Waals surface area contributed by atoms with Gasteiger partial charge >= 0.3 is 0 Å². The molecule has 0 aliphatic carbocycles. The van der Waals surface area contributed by atoms with Gasteiger partial charge in [-0.1, -0.05) is 23.2 Å². The summed E-state index contributed by atoms with van der Waals surface area (Å²) in [6.45, 7) is 0. The molecular formula is C11H7Cl2FN2O2S. The first-order valence-electron chi connectivity index (χ1n) is 4.98. The molecular weight excluding hydrogens is 314 g/mol. The second kappa shape index (κ2) is 5.32. The van der Waals surface area contributed by atoms with E-state index >= 15 is 0 Å². The highest BCUT2D eigenvalue weighted by atomic mass is 35.5. The minimum Gasteiger partial charge on any atom is -0.280 e. The summed E-state index contributed by atoms with van der Waals surface area (Å²) >= 11 is 11.2. The molecule has 0 radical (unpaired) electrons. The first-order valence-corrected chi connectivity index (χ1v) is 7.22. The molecule has 100 valence electrons. The fourth-order valence-electron chi connectivity index (χ4n) is 1.33. The fraction of sp³-hybridized carbons (Fsp3) is 0. The van der Waals surface area contributed by atoms with Gasteiger partial charge in [-0.3, -0.25) is 4.72 Å². The first kappa shape index (κ1) is 14.0. The van der Waals surface area contributed by atoms with Gasteiger partial charge in [0.2, 0.25) is 0 Å². The quantitative estimate of drug-likeness (QED) is 0.882. The van der Waals surface area contributed by atoms with Crippen molar-refractivity contribution in [2.45, 2.75) is 4.90 Å². The maximum atomic E-state index is 13.0. The second-order valence-electron chi connectivity index (χ2n) is 3.55. The van der Waals surface area contributed by atoms with Gasteiger partial charge in [-0.05, 0) is 30.3 Å². The molecule has 0 aliphatic rings. The van der Waals surface area contributed by atoms with Crippen LogP contribution in [0.15, 0.2) is 41.4 Å². The number of sulfonamides is 1. The summed E-state index contributed by atoms with van der Waals surface area (Å²) in [5, 5.41) is -0.118. The van der Waals surface area contributed by atoms with Gasteiger partial charge in [0, 0.05) is 6.20 Å². The summed E-state index contributed by atoms with van der Waals surface area (Å²) < 4.78 is 39.3. The van der Waals surface area contributed by atoms with Gasteiger partial charge in [-0.15, -0.1) is 0 Å². The summed E-state index contributed by atoms with van der Waals surface area (Å²) in [6.07, 6.45) is 1.27. The van der Waals surface area contributed by atoms with Crippen molar-refractivity contribution in [1.29, 1.82) is 0 Å². The third-order valence-electron chi connectivity index (χ3n) is 2.18. The molecule has 0 saturated carbocycles. The van der Waals surface area contributed by atoms with Crippen molar-refractivity contribution in [2.24, 2.45) is 0 Å². The summed E-state index contributed by atoms with van der Waals surface area (Å²) in [4.78, 5) is 3.64. The lowest BCUT2D eigenvalue weighted by Gasteiger charge is -2.08. The van der Waals surface area contributed by atoms with E-state index in [0.29, 0.717) is 0 Å². The zero-order valence-electron chi connectivity index (χ0n) is 9.27. The highest BCUT2D eigenvalue weighted by molar-refractivity contribution is 7.92. The smallest absolute Gasteiger partial charge is 0.262 e. The van der Waals surface area contributed by atoms with Crippen molar-refractivity contribution >= 4 is 38.9 Å². The summed E-state index contributed by atoms with van der Waals surface area (Å²) in [5.41, 5.74) is 0.152. The maximum Gasteiger partial charge on any atom is 0.262 e. The number of rotatable bonds is 3. The molecule has 0 aliphatic heterocycles. The van der Waals surface area contributed by atoms with Gasteiger partial charge < -0.3 is 0 Å². The van der Waals surface area contributed by atoms with Gasteiger partial charge in [-0.2, -0.15) is 0 Å². The van der Waals surface area contributed by atoms with Crippen LogP contribution in [0.5, 0.6) is 0 Å². The number of hydrogen-bond acceptors (Lipinski definition) is 3. The Morgan fingerprint density at radius 2 is 1.89 bits per heavy atom. The van der Waals surface area contributed by atoms with Gasteiger partial charge in [0.05, 0.1) is 15.6 Å². The van der Waals surface area contributed by atoms with Crippen LogP contribution in [0.3, 0.4) is 0 Å². The van der Waals surface area contributed by atoms with Crippen LogP contribution in [-0.4, -0.2) is 13.4 Å². The molecule has 4 nitrogen and oxygen atoms in total. The highest BCUT2D eigenvalue weighted by Crippen LogP contribution is 2.22. The van der Waals surface area contributed by atoms with Crippen LogP contribution >= 0.6 is 23.2 Å². The Labute approximate surface area is 119 Å². The molecule has 19 heavy (non-hydrogen) atoms. The molecule has 0 atom stereocenters. The minimum absolute atomic E-state index is 0.0482. The van der Waals surface area contributed by atoms with Gasteiger partial charge in [0.1, 0.15) is 11.0 Å². The van der Waals surface area contributed by atoms with E-state index in [-0.39, 0.29) is 20.8 Å². The lowest BCUT2D eigenvalue weighted by atomic mass is 10.3. The molecule has 0 amide bonds. The topological polar surface area (TPSA) is 59.1 Å². The van der Waals surface area contributed by atoms with Crippen molar-refractivity contribution < 1.29 is 12.8 Å². The van der Waals surface area contributed by atoms with Crippen molar-refractivity contribution in [1.82, 2.24) is 4.98 Å². The zero-order valence-corrected chi connectivity index (χ0v) is 11.6. The molecule has 0 bridgehead atoms. The molecule has 1 heterocycles. The van der Waals surface area contributed by atoms with Crippen LogP contribution in [0.2, 0.25) is 10.2 Å². The Morgan fingerprint density at radius 3 is 2.53 bits per heavy atom. The number of benzene rings is 1. The van der Waals surface area contributed by atoms with E-state index in [9.17, 15) is 12.8 Å². The monoisotopic (exact) mass is 320 g/mol. The number of anilines is 1. The Balaban J connectivity index is 2.33. The molecule has 1 aromatic heterocycles. The Kier molecular flexibility index (Phi) is 3.93. The summed E-state index contributed by atoms with van der Waals surface area (Å²) in [5.74, 6) is -0.628. The van der Waals surface area contributed by atoms with E-state index in [4.69, 9.17) is 23.2 Å². The lowest BCUT2D eigenvalue weighted by molar-refractivity contribution is 0.601. The molecule has 1 aromatic carbocycles. The normalized spacial score (nSPS) is 11.3. The average Bonchev–Trinajstić information content (AvgIpc) is 2.33. The van der Waals surface area contributed by atoms with Crippen LogP contribution < -0.4 is 4.72 Å². The predicted octanol–water partition coefficient (Wildman–Crippen LogP) is 3.33. The van der Waals surface area contributed by atoms with Crippen molar-refractivity contribution in [3.8, 4) is 0 Å². The number of halogens is 3. The van der Waals surface area contributed by atoms with Gasteiger partial charge in [0.25, 0.3) is 10.0 Å². The van der Waals surface area contributed by atoms with E-state index in [0.717, 1.165) is 6.07 Å². The second-order valence-corrected chi connectivity index (χ2v) is 6.03. The third kappa shape index (κ3) is 3.34. The molecule has 0 spiro atoms. The van der Waals surface area contributed by atoms with Crippen molar-refractivity contribution in [3.63, 3.8) is 0 Å². The first-order chi connectivity index (χ1) is 8.88. The number of aromatic nitrogens is 1. The van der Waals surface area contributed by atoms with E-state index in [2.05, 4.69) is 9.71 Å². The largest absolute Gasteiger partial charge is 0.280 e. The Bertz CT molecular complexity index is 722. The highest BCUT2D eigenvalue weighted by Gasteiger charge is 2.15. The molecule has 0 fully saturated rings. The van der Waals surface area contributed by atoms with Crippen LogP contribution in [-0.2, 0) is 10.0 Å². The molecule has 0 saturated heterocycles. The number of nitrogens with one attached hydrogen (secondary N) is 1. The van der Waals surface area contributed by atoms with E-state index < -0.39 is 15.8 Å². The van der Waals surface area contributed by atoms with Crippen LogP contribution in [0.4, 0.5) is 10.1 Å². The van der Waals surface area contributed by atoms with Crippen molar-refractivity contribution in [2.75, 3.05) is 4.72 Å². The predicted molar refractivity (Wildman–Crippen MR) is 71.5 cm³/mol. The van der Waals surface area contributed by atoms with Crippen LogP contribution in [0.1, 0.15) is 0 Å². The molecule has 1 N–H and O–H groups in total. The fourth-order valence-corrected chi connectivity index (χ4v) is 2.81. The van der Waals surface area contributed by atoms with Crippen LogP contribution in [0, 0.1) is 5.82 Å². The lowest BCUT2D eigenvalue weighted by Crippen LogP contribution is -2.13. The zero-order chi connectivity index (χ0) is 14.0. The third-order valence-corrected chi connectivity index (χ3v) is 4.06. The standard InChI is InChI=1S/C11H7Cl2FN2O2S/c12-9-5-7(1-2-10(9)14)16-19(17,18)8-3-4-15-11(13)6-8/h1-6,16H. The number of nitrogens with zero attached hydrogens (tertiary/aromatic N) is 1. The SMILES string of the molecule is O=S(=O)(Nc1ccc(F)c(Cl)c1)c1ccnc(Cl)c1. The van der Waals surface area contributed by atoms with Crippen LogP contribution in [0.25, 0.3) is 0 Å².